The van der Waals surface area contributed by atoms with Crippen molar-refractivity contribution >= 4 is 0 Å². The largest absolute Gasteiger partial charge is 0.326 e. The number of pyridine rings is 1. The maximum atomic E-state index is 11.9. The molecule has 100 valence electrons. The Bertz CT molecular complexity index is 484. The van der Waals surface area contributed by atoms with Gasteiger partial charge in [0, 0.05) is 23.3 Å². The number of H-pyrrole nitrogens is 1. The van der Waals surface area contributed by atoms with Crippen LogP contribution >= 0.6 is 0 Å². The molecule has 1 heterocycles. The first-order valence-electron chi connectivity index (χ1n) is 6.48. The van der Waals surface area contributed by atoms with Gasteiger partial charge in [-0.1, -0.05) is 19.1 Å². The van der Waals surface area contributed by atoms with E-state index in [1.54, 1.807) is 0 Å². The summed E-state index contributed by atoms with van der Waals surface area (Å²) in [5.74, 6) is 0. The molecule has 1 aromatic heterocycles. The second kappa shape index (κ2) is 6.01. The topological polar surface area (TPSA) is 44.9 Å². The molecule has 0 fully saturated rings. The van der Waals surface area contributed by atoms with E-state index >= 15 is 0 Å². The second-order valence-electron chi connectivity index (χ2n) is 5.33. The highest BCUT2D eigenvalue weighted by Crippen LogP contribution is 2.09. The van der Waals surface area contributed by atoms with Gasteiger partial charge in [0.15, 0.2) is 0 Å². The summed E-state index contributed by atoms with van der Waals surface area (Å²) in [6.45, 7) is 10.8. The third-order valence-electron chi connectivity index (χ3n) is 2.98. The number of allylic oxidation sites excluding steroid dienone is 1. The minimum Gasteiger partial charge on any atom is -0.326 e. The Morgan fingerprint density at radius 1 is 1.39 bits per heavy atom. The van der Waals surface area contributed by atoms with Crippen LogP contribution in [0.2, 0.25) is 0 Å². The summed E-state index contributed by atoms with van der Waals surface area (Å²) in [4.78, 5) is 14.7. The van der Waals surface area contributed by atoms with Gasteiger partial charge in [0.25, 0.3) is 5.56 Å². The summed E-state index contributed by atoms with van der Waals surface area (Å²) in [7, 11) is 0. The molecule has 0 aliphatic heterocycles. The van der Waals surface area contributed by atoms with E-state index < -0.39 is 0 Å². The Hall–Kier alpha value is -1.35. The normalized spacial score (nSPS) is 12.3. The highest BCUT2D eigenvalue weighted by Gasteiger charge is 2.14. The molecule has 0 atom stereocenters. The molecule has 1 aromatic rings. The van der Waals surface area contributed by atoms with Crippen molar-refractivity contribution in [3.8, 4) is 0 Å². The van der Waals surface area contributed by atoms with Gasteiger partial charge in [-0.05, 0) is 45.7 Å². The third kappa shape index (κ3) is 4.15. The van der Waals surface area contributed by atoms with Crippen LogP contribution in [0, 0.1) is 13.8 Å². The Labute approximate surface area is 109 Å². The molecule has 2 N–H and O–H groups in total. The van der Waals surface area contributed by atoms with Crippen molar-refractivity contribution in [2.75, 3.05) is 0 Å². The Kier molecular flexibility index (Phi) is 4.91. The highest BCUT2D eigenvalue weighted by atomic mass is 16.1. The van der Waals surface area contributed by atoms with Crippen LogP contribution in [0.1, 0.15) is 44.0 Å². The lowest BCUT2D eigenvalue weighted by Gasteiger charge is -2.22. The SMILES string of the molecule is CC/C=C\C(C)(C)NCc1c(C)cc(C)[nH]c1=O. The molecule has 0 unspecified atom stereocenters. The zero-order valence-electron chi connectivity index (χ0n) is 12.1. The number of nitrogens with one attached hydrogen (secondary N) is 2. The highest BCUT2D eigenvalue weighted by molar-refractivity contribution is 5.25. The van der Waals surface area contributed by atoms with E-state index in [4.69, 9.17) is 0 Å². The number of aromatic amines is 1. The number of hydrogen-bond acceptors (Lipinski definition) is 2. The molecule has 18 heavy (non-hydrogen) atoms. The van der Waals surface area contributed by atoms with E-state index in [0.717, 1.165) is 23.2 Å². The number of rotatable bonds is 5. The zero-order valence-corrected chi connectivity index (χ0v) is 12.1. The molecular weight excluding hydrogens is 224 g/mol. The van der Waals surface area contributed by atoms with Gasteiger partial charge in [-0.2, -0.15) is 0 Å². The molecule has 0 amide bonds. The molecule has 0 radical (unpaired) electrons. The van der Waals surface area contributed by atoms with Crippen LogP contribution in [0.25, 0.3) is 0 Å². The molecule has 1 rings (SSSR count). The van der Waals surface area contributed by atoms with E-state index in [0.29, 0.717) is 6.54 Å². The van der Waals surface area contributed by atoms with E-state index in [1.807, 2.05) is 19.9 Å². The maximum absolute atomic E-state index is 11.9. The van der Waals surface area contributed by atoms with E-state index in [2.05, 4.69) is 43.2 Å². The lowest BCUT2D eigenvalue weighted by atomic mass is 10.0. The smallest absolute Gasteiger partial charge is 0.252 e. The number of hydrogen-bond donors (Lipinski definition) is 2. The molecule has 3 nitrogen and oxygen atoms in total. The summed E-state index contributed by atoms with van der Waals surface area (Å²) in [6.07, 6.45) is 5.30. The van der Waals surface area contributed by atoms with Gasteiger partial charge in [0.05, 0.1) is 0 Å². The quantitative estimate of drug-likeness (QED) is 0.787. The predicted octanol–water partition coefficient (Wildman–Crippen LogP) is 2.83. The van der Waals surface area contributed by atoms with Crippen molar-refractivity contribution in [1.82, 2.24) is 10.3 Å². The minimum atomic E-state index is -0.0974. The van der Waals surface area contributed by atoms with Gasteiger partial charge in [0.2, 0.25) is 0 Å². The van der Waals surface area contributed by atoms with Gasteiger partial charge in [-0.3, -0.25) is 4.79 Å². The van der Waals surface area contributed by atoms with Gasteiger partial charge < -0.3 is 10.3 Å². The van der Waals surface area contributed by atoms with E-state index in [1.165, 1.54) is 0 Å². The number of aryl methyl sites for hydroxylation is 2. The van der Waals surface area contributed by atoms with Gasteiger partial charge in [-0.25, -0.2) is 0 Å². The molecule has 0 saturated carbocycles. The molecular formula is C15H24N2O. The van der Waals surface area contributed by atoms with Crippen molar-refractivity contribution < 1.29 is 0 Å². The fraction of sp³-hybridized carbons (Fsp3) is 0.533. The summed E-state index contributed by atoms with van der Waals surface area (Å²) in [5, 5.41) is 3.40. The average molecular weight is 248 g/mol. The van der Waals surface area contributed by atoms with Crippen LogP contribution in [0.4, 0.5) is 0 Å². The Balaban J connectivity index is 2.81. The van der Waals surface area contributed by atoms with Crippen LogP contribution < -0.4 is 10.9 Å². The van der Waals surface area contributed by atoms with Gasteiger partial charge >= 0.3 is 0 Å². The Morgan fingerprint density at radius 2 is 2.06 bits per heavy atom. The molecule has 0 spiro atoms. The monoisotopic (exact) mass is 248 g/mol. The molecule has 0 aromatic carbocycles. The van der Waals surface area contributed by atoms with E-state index in [9.17, 15) is 4.79 Å². The first-order valence-corrected chi connectivity index (χ1v) is 6.48. The zero-order chi connectivity index (χ0) is 13.8. The van der Waals surface area contributed by atoms with Crippen molar-refractivity contribution in [3.05, 3.63) is 45.4 Å². The van der Waals surface area contributed by atoms with Gasteiger partial charge in [-0.15, -0.1) is 0 Å². The van der Waals surface area contributed by atoms with Crippen LogP contribution in [0.15, 0.2) is 23.0 Å². The minimum absolute atomic E-state index is 0.00951. The summed E-state index contributed by atoms with van der Waals surface area (Å²) in [5.41, 5.74) is 2.68. The molecule has 0 aliphatic carbocycles. The van der Waals surface area contributed by atoms with Gasteiger partial charge in [0.1, 0.15) is 0 Å². The standard InChI is InChI=1S/C15H24N2O/c1-6-7-8-15(4,5)16-10-13-11(2)9-12(3)17-14(13)18/h7-9,16H,6,10H2,1-5H3,(H,17,18)/b8-7-. The van der Waals surface area contributed by atoms with Crippen molar-refractivity contribution in [1.29, 1.82) is 0 Å². The fourth-order valence-corrected chi connectivity index (χ4v) is 1.89. The average Bonchev–Trinajstić information content (AvgIpc) is 2.24. The van der Waals surface area contributed by atoms with Crippen LogP contribution in [-0.2, 0) is 6.54 Å². The first kappa shape index (κ1) is 14.7. The maximum Gasteiger partial charge on any atom is 0.252 e. The lowest BCUT2D eigenvalue weighted by molar-refractivity contribution is 0.470. The van der Waals surface area contributed by atoms with Crippen LogP contribution in [-0.4, -0.2) is 10.5 Å². The lowest BCUT2D eigenvalue weighted by Crippen LogP contribution is -2.38. The van der Waals surface area contributed by atoms with Crippen molar-refractivity contribution in [3.63, 3.8) is 0 Å². The van der Waals surface area contributed by atoms with Crippen molar-refractivity contribution in [2.45, 2.75) is 53.1 Å². The van der Waals surface area contributed by atoms with E-state index in [-0.39, 0.29) is 11.1 Å². The molecule has 3 heteroatoms. The van der Waals surface area contributed by atoms with Crippen LogP contribution in [0.5, 0.6) is 0 Å². The summed E-state index contributed by atoms with van der Waals surface area (Å²) >= 11 is 0. The number of aromatic nitrogens is 1. The summed E-state index contributed by atoms with van der Waals surface area (Å²) in [6, 6.07) is 2.01. The fourth-order valence-electron chi connectivity index (χ4n) is 1.89. The van der Waals surface area contributed by atoms with Crippen molar-refractivity contribution in [2.24, 2.45) is 0 Å². The third-order valence-corrected chi connectivity index (χ3v) is 2.98. The first-order chi connectivity index (χ1) is 8.35. The Morgan fingerprint density at radius 3 is 2.61 bits per heavy atom. The molecule has 0 aliphatic rings. The summed E-state index contributed by atoms with van der Waals surface area (Å²) < 4.78 is 0. The second-order valence-corrected chi connectivity index (χ2v) is 5.33. The molecule has 0 saturated heterocycles. The van der Waals surface area contributed by atoms with Crippen LogP contribution in [0.3, 0.4) is 0 Å². The molecule has 0 bridgehead atoms. The predicted molar refractivity (Wildman–Crippen MR) is 76.9 cm³/mol.